The molecule has 3 atom stereocenters. The van der Waals surface area contributed by atoms with Crippen LogP contribution in [0, 0.1) is 11.8 Å². The molecular weight excluding hydrogens is 316 g/mol. The number of carbonyl (C=O) groups is 1. The Morgan fingerprint density at radius 1 is 1.24 bits per heavy atom. The second-order valence-electron chi connectivity index (χ2n) is 8.69. The van der Waals surface area contributed by atoms with Crippen LogP contribution < -0.4 is 5.32 Å². The molecule has 1 heterocycles. The summed E-state index contributed by atoms with van der Waals surface area (Å²) in [6, 6.07) is 10.5. The van der Waals surface area contributed by atoms with Gasteiger partial charge in [-0.3, -0.25) is 4.90 Å². The Labute approximate surface area is 150 Å². The number of aliphatic hydroxyl groups is 1. The lowest BCUT2D eigenvalue weighted by molar-refractivity contribution is 0.0209. The van der Waals surface area contributed by atoms with Crippen molar-refractivity contribution in [3.05, 3.63) is 35.9 Å². The summed E-state index contributed by atoms with van der Waals surface area (Å²) < 4.78 is 5.25. The highest BCUT2D eigenvalue weighted by atomic mass is 16.6. The third-order valence-corrected chi connectivity index (χ3v) is 5.15. The Kier molecular flexibility index (Phi) is 5.07. The van der Waals surface area contributed by atoms with Gasteiger partial charge in [-0.1, -0.05) is 30.3 Å². The maximum atomic E-state index is 11.8. The van der Waals surface area contributed by atoms with E-state index in [1.54, 1.807) is 0 Å². The summed E-state index contributed by atoms with van der Waals surface area (Å²) in [7, 11) is 0. The van der Waals surface area contributed by atoms with Crippen molar-refractivity contribution in [2.24, 2.45) is 11.8 Å². The number of amides is 1. The lowest BCUT2D eigenvalue weighted by Gasteiger charge is -2.27. The van der Waals surface area contributed by atoms with Crippen LogP contribution in [0.4, 0.5) is 4.79 Å². The van der Waals surface area contributed by atoms with Gasteiger partial charge >= 0.3 is 6.09 Å². The number of benzene rings is 1. The minimum Gasteiger partial charge on any atom is -0.444 e. The van der Waals surface area contributed by atoms with Gasteiger partial charge in [0.05, 0.1) is 5.60 Å². The van der Waals surface area contributed by atoms with Crippen molar-refractivity contribution in [1.29, 1.82) is 0 Å². The van der Waals surface area contributed by atoms with Gasteiger partial charge in [0.15, 0.2) is 0 Å². The van der Waals surface area contributed by atoms with Crippen molar-refractivity contribution in [2.75, 3.05) is 19.6 Å². The van der Waals surface area contributed by atoms with Gasteiger partial charge in [0.25, 0.3) is 0 Å². The van der Waals surface area contributed by atoms with Gasteiger partial charge in [0, 0.05) is 26.2 Å². The van der Waals surface area contributed by atoms with E-state index in [-0.39, 0.29) is 6.54 Å². The molecule has 1 unspecified atom stereocenters. The molecule has 1 saturated heterocycles. The van der Waals surface area contributed by atoms with Gasteiger partial charge in [-0.15, -0.1) is 0 Å². The number of nitrogens with zero attached hydrogens (tertiary/aromatic N) is 1. The zero-order valence-electron chi connectivity index (χ0n) is 15.5. The normalized spacial score (nSPS) is 29.4. The van der Waals surface area contributed by atoms with E-state index in [0.717, 1.165) is 32.5 Å². The molecule has 25 heavy (non-hydrogen) atoms. The molecule has 0 spiro atoms. The molecule has 2 N–H and O–H groups in total. The number of rotatable bonds is 4. The van der Waals surface area contributed by atoms with Crippen LogP contribution in [0.1, 0.15) is 39.2 Å². The molecule has 0 radical (unpaired) electrons. The van der Waals surface area contributed by atoms with Crippen molar-refractivity contribution in [3.8, 4) is 0 Å². The molecule has 0 bridgehead atoms. The predicted octanol–water partition coefficient (Wildman–Crippen LogP) is 2.78. The van der Waals surface area contributed by atoms with Gasteiger partial charge in [-0.25, -0.2) is 4.79 Å². The van der Waals surface area contributed by atoms with Crippen LogP contribution in [0.25, 0.3) is 0 Å². The number of fused-ring (bicyclic) bond motifs is 1. The summed E-state index contributed by atoms with van der Waals surface area (Å²) in [5.41, 5.74) is 0.0198. The number of carbonyl (C=O) groups excluding carboxylic acids is 1. The summed E-state index contributed by atoms with van der Waals surface area (Å²) in [6.45, 7) is 8.80. The van der Waals surface area contributed by atoms with E-state index in [1.807, 2.05) is 26.8 Å². The Hall–Kier alpha value is -1.59. The monoisotopic (exact) mass is 346 g/mol. The Bertz CT molecular complexity index is 583. The Balaban J connectivity index is 1.46. The largest absolute Gasteiger partial charge is 0.444 e. The third-order valence-electron chi connectivity index (χ3n) is 5.15. The maximum Gasteiger partial charge on any atom is 0.407 e. The average molecular weight is 346 g/mol. The van der Waals surface area contributed by atoms with Gasteiger partial charge < -0.3 is 15.2 Å². The Morgan fingerprint density at radius 3 is 2.40 bits per heavy atom. The zero-order valence-corrected chi connectivity index (χ0v) is 15.5. The molecule has 1 amide bonds. The topological polar surface area (TPSA) is 61.8 Å². The number of ether oxygens (including phenoxy) is 1. The summed E-state index contributed by atoms with van der Waals surface area (Å²) >= 11 is 0. The van der Waals surface area contributed by atoms with Crippen LogP contribution in [0.3, 0.4) is 0 Å². The molecule has 1 aliphatic heterocycles. The van der Waals surface area contributed by atoms with Crippen molar-refractivity contribution in [3.63, 3.8) is 0 Å². The molecule has 2 aliphatic rings. The van der Waals surface area contributed by atoms with E-state index >= 15 is 0 Å². The van der Waals surface area contributed by atoms with Crippen molar-refractivity contribution < 1.29 is 14.6 Å². The first-order chi connectivity index (χ1) is 11.7. The fourth-order valence-corrected chi connectivity index (χ4v) is 4.22. The first-order valence-electron chi connectivity index (χ1n) is 9.18. The fraction of sp³-hybridized carbons (Fsp3) is 0.650. The number of hydrogen-bond acceptors (Lipinski definition) is 4. The van der Waals surface area contributed by atoms with Gasteiger partial charge in [0.1, 0.15) is 5.60 Å². The van der Waals surface area contributed by atoms with E-state index in [0.29, 0.717) is 11.8 Å². The van der Waals surface area contributed by atoms with E-state index in [4.69, 9.17) is 4.74 Å². The molecule has 3 rings (SSSR count). The smallest absolute Gasteiger partial charge is 0.407 e. The number of nitrogens with one attached hydrogen (secondary N) is 1. The fourth-order valence-electron chi connectivity index (χ4n) is 4.22. The van der Waals surface area contributed by atoms with Gasteiger partial charge in [-0.2, -0.15) is 0 Å². The third kappa shape index (κ3) is 4.95. The molecule has 2 fully saturated rings. The maximum absolute atomic E-state index is 11.8. The number of hydrogen-bond donors (Lipinski definition) is 2. The quantitative estimate of drug-likeness (QED) is 0.880. The van der Waals surface area contributed by atoms with E-state index in [2.05, 4.69) is 34.5 Å². The first-order valence-corrected chi connectivity index (χ1v) is 9.18. The minimum atomic E-state index is -0.801. The summed E-state index contributed by atoms with van der Waals surface area (Å²) in [4.78, 5) is 14.3. The molecule has 1 saturated carbocycles. The van der Waals surface area contributed by atoms with Crippen molar-refractivity contribution in [1.82, 2.24) is 10.2 Å². The number of alkyl carbamates (subject to hydrolysis) is 1. The molecule has 5 nitrogen and oxygen atoms in total. The molecule has 0 aromatic heterocycles. The first kappa shape index (κ1) is 18.2. The minimum absolute atomic E-state index is 0.271. The van der Waals surface area contributed by atoms with Crippen LogP contribution in [0.15, 0.2) is 30.3 Å². The predicted molar refractivity (Wildman–Crippen MR) is 97.1 cm³/mol. The van der Waals surface area contributed by atoms with Crippen LogP contribution in [-0.2, 0) is 11.3 Å². The highest BCUT2D eigenvalue weighted by Crippen LogP contribution is 2.44. The van der Waals surface area contributed by atoms with E-state index in [1.165, 1.54) is 5.56 Å². The van der Waals surface area contributed by atoms with Crippen LogP contribution in [0.2, 0.25) is 0 Å². The average Bonchev–Trinajstić information content (AvgIpc) is 2.99. The lowest BCUT2D eigenvalue weighted by Crippen LogP contribution is -2.44. The van der Waals surface area contributed by atoms with E-state index < -0.39 is 17.3 Å². The highest BCUT2D eigenvalue weighted by molar-refractivity contribution is 5.67. The van der Waals surface area contributed by atoms with Crippen LogP contribution in [-0.4, -0.2) is 46.9 Å². The summed E-state index contributed by atoms with van der Waals surface area (Å²) in [6.07, 6.45) is 1.04. The van der Waals surface area contributed by atoms with E-state index in [9.17, 15) is 9.90 Å². The zero-order chi connectivity index (χ0) is 18.1. The lowest BCUT2D eigenvalue weighted by atomic mass is 10.00. The van der Waals surface area contributed by atoms with Crippen molar-refractivity contribution >= 4 is 6.09 Å². The molecule has 1 aromatic carbocycles. The second kappa shape index (κ2) is 6.96. The van der Waals surface area contributed by atoms with Crippen molar-refractivity contribution in [2.45, 2.75) is 51.4 Å². The number of likely N-dealkylation sites (tertiary alicyclic amines) is 1. The molecule has 138 valence electrons. The standard InChI is InChI=1S/C20H30N2O3/c1-19(2,3)25-18(23)21-14-20(24)9-16-12-22(13-17(16)10-20)11-15-7-5-4-6-8-15/h4-8,16-17,24H,9-14H2,1-3H3,(H,21,23)/t16-,17+,20?. The molecule has 5 heteroatoms. The van der Waals surface area contributed by atoms with Crippen LogP contribution in [0.5, 0.6) is 0 Å². The molecule has 1 aromatic rings. The van der Waals surface area contributed by atoms with Gasteiger partial charge in [0.2, 0.25) is 0 Å². The van der Waals surface area contributed by atoms with Gasteiger partial charge in [-0.05, 0) is 51.0 Å². The summed E-state index contributed by atoms with van der Waals surface area (Å²) in [5, 5.41) is 13.6. The SMILES string of the molecule is CC(C)(C)OC(=O)NCC1(O)C[C@H]2CN(Cc3ccccc3)C[C@H]2C1. The molecule has 1 aliphatic carbocycles. The second-order valence-corrected chi connectivity index (χ2v) is 8.69. The molecular formula is C20H30N2O3. The highest BCUT2D eigenvalue weighted by Gasteiger charge is 2.48. The van der Waals surface area contributed by atoms with Crippen LogP contribution >= 0.6 is 0 Å². The Morgan fingerprint density at radius 2 is 1.84 bits per heavy atom. The summed E-state index contributed by atoms with van der Waals surface area (Å²) in [5.74, 6) is 1.02.